The second-order valence-corrected chi connectivity index (χ2v) is 6.06. The van der Waals surface area contributed by atoms with Crippen molar-refractivity contribution in [2.24, 2.45) is 5.92 Å². The fourth-order valence-electron chi connectivity index (χ4n) is 3.34. The molecule has 2 rings (SSSR count). The molecule has 0 N–H and O–H groups in total. The number of nitro benzene ring substituents is 1. The Kier molecular flexibility index (Phi) is 5.57. The third kappa shape index (κ3) is 4.06. The van der Waals surface area contributed by atoms with E-state index in [9.17, 15) is 10.1 Å². The van der Waals surface area contributed by atoms with E-state index in [0.29, 0.717) is 5.92 Å². The molecule has 0 aromatic heterocycles. The van der Waals surface area contributed by atoms with Gasteiger partial charge in [-0.15, -0.1) is 0 Å². The predicted octanol–water partition coefficient (Wildman–Crippen LogP) is 5.45. The zero-order chi connectivity index (χ0) is 14.4. The first-order valence-electron chi connectivity index (χ1n) is 7.95. The highest BCUT2D eigenvalue weighted by Crippen LogP contribution is 2.38. The number of unbranched alkanes of at least 4 members (excludes halogenated alkanes) is 2. The number of nitro groups is 1. The first-order valence-corrected chi connectivity index (χ1v) is 7.95. The van der Waals surface area contributed by atoms with Crippen molar-refractivity contribution in [2.75, 3.05) is 0 Å². The zero-order valence-corrected chi connectivity index (χ0v) is 12.4. The van der Waals surface area contributed by atoms with Gasteiger partial charge in [0.2, 0.25) is 0 Å². The van der Waals surface area contributed by atoms with Crippen LogP contribution in [0.25, 0.3) is 0 Å². The standard InChI is InChI=1S/C17H25NO2/c1-2-3-4-5-14-6-8-15(9-7-14)16-10-12-17(13-11-16)18(19)20/h10-15H,2-9H2,1H3. The van der Waals surface area contributed by atoms with Crippen LogP contribution in [0.3, 0.4) is 0 Å². The Morgan fingerprint density at radius 3 is 2.30 bits per heavy atom. The van der Waals surface area contributed by atoms with Gasteiger partial charge in [-0.05, 0) is 43.1 Å². The first-order chi connectivity index (χ1) is 9.70. The Morgan fingerprint density at radius 1 is 1.10 bits per heavy atom. The fourth-order valence-corrected chi connectivity index (χ4v) is 3.34. The normalized spacial score (nSPS) is 22.6. The second kappa shape index (κ2) is 7.41. The molecule has 1 aromatic rings. The highest BCUT2D eigenvalue weighted by Gasteiger charge is 2.22. The van der Waals surface area contributed by atoms with E-state index in [1.54, 1.807) is 12.1 Å². The van der Waals surface area contributed by atoms with Gasteiger partial charge < -0.3 is 0 Å². The Morgan fingerprint density at radius 2 is 1.75 bits per heavy atom. The van der Waals surface area contributed by atoms with Crippen molar-refractivity contribution < 1.29 is 4.92 Å². The van der Waals surface area contributed by atoms with Gasteiger partial charge in [0.1, 0.15) is 0 Å². The van der Waals surface area contributed by atoms with E-state index < -0.39 is 0 Å². The summed E-state index contributed by atoms with van der Waals surface area (Å²) in [7, 11) is 0. The molecule has 1 aliphatic rings. The maximum atomic E-state index is 10.7. The molecule has 0 spiro atoms. The van der Waals surface area contributed by atoms with Crippen LogP contribution in [0.1, 0.15) is 69.8 Å². The van der Waals surface area contributed by atoms with E-state index in [2.05, 4.69) is 6.92 Å². The minimum absolute atomic E-state index is 0.196. The summed E-state index contributed by atoms with van der Waals surface area (Å²) >= 11 is 0. The van der Waals surface area contributed by atoms with Gasteiger partial charge in [0, 0.05) is 12.1 Å². The van der Waals surface area contributed by atoms with Crippen LogP contribution in [-0.2, 0) is 0 Å². The lowest BCUT2D eigenvalue weighted by Crippen LogP contribution is -2.13. The third-order valence-corrected chi connectivity index (χ3v) is 4.64. The minimum Gasteiger partial charge on any atom is -0.258 e. The van der Waals surface area contributed by atoms with Crippen LogP contribution < -0.4 is 0 Å². The van der Waals surface area contributed by atoms with Gasteiger partial charge >= 0.3 is 0 Å². The van der Waals surface area contributed by atoms with Crippen LogP contribution in [0.15, 0.2) is 24.3 Å². The van der Waals surface area contributed by atoms with Crippen molar-refractivity contribution in [1.29, 1.82) is 0 Å². The smallest absolute Gasteiger partial charge is 0.258 e. The molecule has 0 bridgehead atoms. The first kappa shape index (κ1) is 15.0. The Balaban J connectivity index is 1.82. The second-order valence-electron chi connectivity index (χ2n) is 6.06. The van der Waals surface area contributed by atoms with Crippen molar-refractivity contribution in [1.82, 2.24) is 0 Å². The van der Waals surface area contributed by atoms with Crippen LogP contribution in [0.5, 0.6) is 0 Å². The van der Waals surface area contributed by atoms with Crippen molar-refractivity contribution >= 4 is 5.69 Å². The Hall–Kier alpha value is -1.38. The summed E-state index contributed by atoms with van der Waals surface area (Å²) in [6, 6.07) is 7.17. The van der Waals surface area contributed by atoms with Gasteiger partial charge in [-0.2, -0.15) is 0 Å². The summed E-state index contributed by atoms with van der Waals surface area (Å²) < 4.78 is 0. The van der Waals surface area contributed by atoms with Gasteiger partial charge in [-0.3, -0.25) is 10.1 Å². The highest BCUT2D eigenvalue weighted by atomic mass is 16.6. The van der Waals surface area contributed by atoms with Crippen LogP contribution in [0.4, 0.5) is 5.69 Å². The number of rotatable bonds is 6. The molecule has 3 heteroatoms. The largest absolute Gasteiger partial charge is 0.269 e. The Bertz CT molecular complexity index is 419. The molecule has 1 fully saturated rings. The molecule has 110 valence electrons. The maximum absolute atomic E-state index is 10.7. The number of benzene rings is 1. The molecule has 1 aliphatic carbocycles. The molecular formula is C17H25NO2. The molecule has 3 nitrogen and oxygen atoms in total. The third-order valence-electron chi connectivity index (χ3n) is 4.64. The number of nitrogens with zero attached hydrogens (tertiary/aromatic N) is 1. The topological polar surface area (TPSA) is 43.1 Å². The molecular weight excluding hydrogens is 250 g/mol. The average molecular weight is 275 g/mol. The van der Waals surface area contributed by atoms with Crippen LogP contribution in [-0.4, -0.2) is 4.92 Å². The molecule has 1 saturated carbocycles. The lowest BCUT2D eigenvalue weighted by Gasteiger charge is -2.28. The molecule has 0 heterocycles. The molecule has 0 unspecified atom stereocenters. The van der Waals surface area contributed by atoms with Crippen LogP contribution >= 0.6 is 0 Å². The summed E-state index contributed by atoms with van der Waals surface area (Å²) in [4.78, 5) is 10.3. The highest BCUT2D eigenvalue weighted by molar-refractivity contribution is 5.34. The number of hydrogen-bond donors (Lipinski definition) is 0. The lowest BCUT2D eigenvalue weighted by molar-refractivity contribution is -0.384. The van der Waals surface area contributed by atoms with Gasteiger partial charge in [0.05, 0.1) is 4.92 Å². The monoisotopic (exact) mass is 275 g/mol. The van der Waals surface area contributed by atoms with E-state index >= 15 is 0 Å². The van der Waals surface area contributed by atoms with Gasteiger partial charge in [-0.1, -0.05) is 44.7 Å². The van der Waals surface area contributed by atoms with Crippen molar-refractivity contribution in [3.8, 4) is 0 Å². The van der Waals surface area contributed by atoms with E-state index in [4.69, 9.17) is 0 Å². The fraction of sp³-hybridized carbons (Fsp3) is 0.647. The summed E-state index contributed by atoms with van der Waals surface area (Å²) in [5.74, 6) is 1.52. The average Bonchev–Trinajstić information content (AvgIpc) is 2.48. The molecule has 0 atom stereocenters. The van der Waals surface area contributed by atoms with E-state index in [0.717, 1.165) is 5.92 Å². The van der Waals surface area contributed by atoms with Gasteiger partial charge in [0.25, 0.3) is 5.69 Å². The quantitative estimate of drug-likeness (QED) is 0.393. The summed E-state index contributed by atoms with van der Waals surface area (Å²) in [5.41, 5.74) is 1.48. The van der Waals surface area contributed by atoms with E-state index in [-0.39, 0.29) is 10.6 Å². The number of non-ortho nitro benzene ring substituents is 1. The Labute approximate surface area is 121 Å². The van der Waals surface area contributed by atoms with Crippen molar-refractivity contribution in [3.05, 3.63) is 39.9 Å². The molecule has 0 saturated heterocycles. The predicted molar refractivity (Wildman–Crippen MR) is 81.9 cm³/mol. The lowest BCUT2D eigenvalue weighted by atomic mass is 9.77. The molecule has 1 aromatic carbocycles. The maximum Gasteiger partial charge on any atom is 0.269 e. The van der Waals surface area contributed by atoms with Gasteiger partial charge in [-0.25, -0.2) is 0 Å². The van der Waals surface area contributed by atoms with Crippen LogP contribution in [0, 0.1) is 16.0 Å². The van der Waals surface area contributed by atoms with Crippen molar-refractivity contribution in [3.63, 3.8) is 0 Å². The van der Waals surface area contributed by atoms with Gasteiger partial charge in [0.15, 0.2) is 0 Å². The van der Waals surface area contributed by atoms with Crippen molar-refractivity contribution in [2.45, 2.75) is 64.2 Å². The summed E-state index contributed by atoms with van der Waals surface area (Å²) in [6.45, 7) is 2.26. The summed E-state index contributed by atoms with van der Waals surface area (Å²) in [6.07, 6.45) is 10.6. The molecule has 0 amide bonds. The van der Waals surface area contributed by atoms with Crippen LogP contribution in [0.2, 0.25) is 0 Å². The molecule has 0 aliphatic heterocycles. The van der Waals surface area contributed by atoms with E-state index in [1.165, 1.54) is 56.9 Å². The SMILES string of the molecule is CCCCCC1CCC(c2ccc([N+](=O)[O-])cc2)CC1. The zero-order valence-electron chi connectivity index (χ0n) is 12.4. The minimum atomic E-state index is -0.325. The summed E-state index contributed by atoms with van der Waals surface area (Å²) in [5, 5.41) is 10.7. The molecule has 0 radical (unpaired) electrons. The van der Waals surface area contributed by atoms with E-state index in [1.807, 2.05) is 12.1 Å². The number of hydrogen-bond acceptors (Lipinski definition) is 2. The molecule has 20 heavy (non-hydrogen) atoms.